The lowest BCUT2D eigenvalue weighted by molar-refractivity contribution is 0.0540. The summed E-state index contributed by atoms with van der Waals surface area (Å²) in [4.78, 5) is 21.8. The highest BCUT2D eigenvalue weighted by atomic mass is 16.3. The third kappa shape index (κ3) is 4.16. The summed E-state index contributed by atoms with van der Waals surface area (Å²) in [6, 6.07) is 18.1. The first-order valence-electron chi connectivity index (χ1n) is 10.2. The fourth-order valence-corrected chi connectivity index (χ4v) is 4.16. The molecule has 2 aromatic carbocycles. The SMILES string of the molecule is CN1CCC(N(CCO)C(=O)c2ccc(-c3cccc4cccnc34)cc2)CC1. The summed E-state index contributed by atoms with van der Waals surface area (Å²) in [7, 11) is 2.11. The highest BCUT2D eigenvalue weighted by molar-refractivity contribution is 5.97. The third-order valence-corrected chi connectivity index (χ3v) is 5.81. The van der Waals surface area contributed by atoms with Crippen LogP contribution < -0.4 is 0 Å². The largest absolute Gasteiger partial charge is 0.395 e. The smallest absolute Gasteiger partial charge is 0.254 e. The molecule has 2 heterocycles. The fraction of sp³-hybridized carbons (Fsp3) is 0.333. The van der Waals surface area contributed by atoms with Gasteiger partial charge in [0.1, 0.15) is 0 Å². The van der Waals surface area contributed by atoms with E-state index in [4.69, 9.17) is 0 Å². The molecule has 0 aliphatic carbocycles. The van der Waals surface area contributed by atoms with Crippen molar-refractivity contribution < 1.29 is 9.90 Å². The summed E-state index contributed by atoms with van der Waals surface area (Å²) in [5, 5.41) is 10.6. The Morgan fingerprint density at radius 3 is 2.55 bits per heavy atom. The van der Waals surface area contributed by atoms with Gasteiger partial charge in [-0.3, -0.25) is 9.78 Å². The number of hydrogen-bond acceptors (Lipinski definition) is 4. The van der Waals surface area contributed by atoms with Gasteiger partial charge < -0.3 is 14.9 Å². The zero-order valence-corrected chi connectivity index (χ0v) is 16.8. The first kappa shape index (κ1) is 19.6. The molecule has 4 rings (SSSR count). The molecule has 29 heavy (non-hydrogen) atoms. The van der Waals surface area contributed by atoms with Gasteiger partial charge in [0, 0.05) is 35.3 Å². The van der Waals surface area contributed by atoms with Crippen molar-refractivity contribution in [2.45, 2.75) is 18.9 Å². The van der Waals surface area contributed by atoms with Crippen LogP contribution in [0.4, 0.5) is 0 Å². The molecule has 1 aliphatic rings. The van der Waals surface area contributed by atoms with Crippen molar-refractivity contribution in [3.63, 3.8) is 0 Å². The quantitative estimate of drug-likeness (QED) is 0.726. The van der Waals surface area contributed by atoms with E-state index in [9.17, 15) is 9.90 Å². The zero-order chi connectivity index (χ0) is 20.2. The Bertz CT molecular complexity index is 974. The van der Waals surface area contributed by atoms with Crippen LogP contribution in [-0.4, -0.2) is 65.1 Å². The predicted molar refractivity (Wildman–Crippen MR) is 116 cm³/mol. The minimum Gasteiger partial charge on any atom is -0.395 e. The number of piperidine rings is 1. The number of likely N-dealkylation sites (tertiary alicyclic amines) is 1. The number of carbonyl (C=O) groups excluding carboxylic acids is 1. The molecule has 0 saturated carbocycles. The zero-order valence-electron chi connectivity index (χ0n) is 16.8. The van der Waals surface area contributed by atoms with E-state index < -0.39 is 0 Å². The second-order valence-electron chi connectivity index (χ2n) is 7.71. The van der Waals surface area contributed by atoms with Crippen molar-refractivity contribution in [2.75, 3.05) is 33.3 Å². The number of para-hydroxylation sites is 1. The second-order valence-corrected chi connectivity index (χ2v) is 7.71. The van der Waals surface area contributed by atoms with Crippen LogP contribution in [0.25, 0.3) is 22.0 Å². The number of amides is 1. The van der Waals surface area contributed by atoms with Crippen LogP contribution in [0.2, 0.25) is 0 Å². The molecule has 0 bridgehead atoms. The molecule has 3 aromatic rings. The van der Waals surface area contributed by atoms with E-state index in [1.54, 1.807) is 6.20 Å². The summed E-state index contributed by atoms with van der Waals surface area (Å²) >= 11 is 0. The molecule has 150 valence electrons. The molecule has 0 atom stereocenters. The Hall–Kier alpha value is -2.76. The number of hydrogen-bond donors (Lipinski definition) is 1. The maximum atomic E-state index is 13.2. The van der Waals surface area contributed by atoms with Crippen LogP contribution in [0.1, 0.15) is 23.2 Å². The molecule has 1 aromatic heterocycles. The van der Waals surface area contributed by atoms with Crippen molar-refractivity contribution in [3.05, 3.63) is 66.4 Å². The molecule has 1 fully saturated rings. The summed E-state index contributed by atoms with van der Waals surface area (Å²) in [6.45, 7) is 2.32. The topological polar surface area (TPSA) is 56.7 Å². The molecular formula is C24H27N3O2. The standard InChI is InChI=1S/C24H27N3O2/c1-26-14-11-21(12-15-26)27(16-17-28)24(29)20-9-7-18(8-10-20)22-6-2-4-19-5-3-13-25-23(19)22/h2-10,13,21,28H,11-12,14-17H2,1H3. The van der Waals surface area contributed by atoms with Gasteiger partial charge in [-0.2, -0.15) is 0 Å². The highest BCUT2D eigenvalue weighted by Crippen LogP contribution is 2.27. The number of aromatic nitrogens is 1. The number of rotatable bonds is 5. The Kier molecular flexibility index (Phi) is 5.88. The Balaban J connectivity index is 1.58. The number of aliphatic hydroxyl groups excluding tert-OH is 1. The predicted octanol–water partition coefficient (Wildman–Crippen LogP) is 3.43. The first-order chi connectivity index (χ1) is 14.2. The molecule has 5 nitrogen and oxygen atoms in total. The van der Waals surface area contributed by atoms with Gasteiger partial charge in [0.05, 0.1) is 12.1 Å². The fourth-order valence-electron chi connectivity index (χ4n) is 4.16. The summed E-state index contributed by atoms with van der Waals surface area (Å²) in [6.07, 6.45) is 3.70. The molecule has 1 aliphatic heterocycles. The molecule has 1 N–H and O–H groups in total. The highest BCUT2D eigenvalue weighted by Gasteiger charge is 2.27. The molecule has 0 spiro atoms. The Morgan fingerprint density at radius 1 is 1.10 bits per heavy atom. The maximum absolute atomic E-state index is 13.2. The van der Waals surface area contributed by atoms with Crippen molar-refractivity contribution >= 4 is 16.8 Å². The normalized spacial score (nSPS) is 15.5. The molecule has 1 saturated heterocycles. The van der Waals surface area contributed by atoms with E-state index in [1.807, 2.05) is 41.3 Å². The van der Waals surface area contributed by atoms with Crippen molar-refractivity contribution in [3.8, 4) is 11.1 Å². The molecule has 1 amide bonds. The lowest BCUT2D eigenvalue weighted by Crippen LogP contribution is -2.47. The van der Waals surface area contributed by atoms with Gasteiger partial charge in [-0.05, 0) is 56.7 Å². The maximum Gasteiger partial charge on any atom is 0.254 e. The van der Waals surface area contributed by atoms with E-state index >= 15 is 0 Å². The Labute approximate surface area is 171 Å². The number of pyridine rings is 1. The van der Waals surface area contributed by atoms with E-state index in [0.29, 0.717) is 12.1 Å². The molecule has 0 radical (unpaired) electrons. The van der Waals surface area contributed by atoms with E-state index in [1.165, 1.54) is 0 Å². The van der Waals surface area contributed by atoms with Crippen molar-refractivity contribution in [1.82, 2.24) is 14.8 Å². The number of carbonyl (C=O) groups is 1. The van der Waals surface area contributed by atoms with Gasteiger partial charge in [0.15, 0.2) is 0 Å². The van der Waals surface area contributed by atoms with Gasteiger partial charge in [-0.1, -0.05) is 36.4 Å². The first-order valence-corrected chi connectivity index (χ1v) is 10.2. The summed E-state index contributed by atoms with van der Waals surface area (Å²) < 4.78 is 0. The van der Waals surface area contributed by atoms with E-state index in [0.717, 1.165) is 48.0 Å². The molecule has 5 heteroatoms. The number of aliphatic hydroxyl groups is 1. The van der Waals surface area contributed by atoms with Crippen LogP contribution in [0.5, 0.6) is 0 Å². The van der Waals surface area contributed by atoms with Crippen molar-refractivity contribution in [2.24, 2.45) is 0 Å². The monoisotopic (exact) mass is 389 g/mol. The van der Waals surface area contributed by atoms with Crippen LogP contribution in [-0.2, 0) is 0 Å². The van der Waals surface area contributed by atoms with Crippen LogP contribution in [0.15, 0.2) is 60.8 Å². The van der Waals surface area contributed by atoms with Gasteiger partial charge >= 0.3 is 0 Å². The van der Waals surface area contributed by atoms with Crippen LogP contribution in [0.3, 0.4) is 0 Å². The van der Waals surface area contributed by atoms with Gasteiger partial charge in [-0.25, -0.2) is 0 Å². The number of nitrogens with zero attached hydrogens (tertiary/aromatic N) is 3. The number of benzene rings is 2. The van der Waals surface area contributed by atoms with Gasteiger partial charge in [-0.15, -0.1) is 0 Å². The lowest BCUT2D eigenvalue weighted by Gasteiger charge is -2.37. The van der Waals surface area contributed by atoms with E-state index in [2.05, 4.69) is 35.1 Å². The second kappa shape index (κ2) is 8.72. The minimum absolute atomic E-state index is 0.00352. The van der Waals surface area contributed by atoms with Gasteiger partial charge in [0.25, 0.3) is 5.91 Å². The van der Waals surface area contributed by atoms with Crippen molar-refractivity contribution in [1.29, 1.82) is 0 Å². The van der Waals surface area contributed by atoms with Crippen LogP contribution >= 0.6 is 0 Å². The summed E-state index contributed by atoms with van der Waals surface area (Å²) in [5.74, 6) is -0.00352. The molecular weight excluding hydrogens is 362 g/mol. The Morgan fingerprint density at radius 2 is 1.83 bits per heavy atom. The lowest BCUT2D eigenvalue weighted by atomic mass is 9.99. The van der Waals surface area contributed by atoms with Gasteiger partial charge in [0.2, 0.25) is 0 Å². The summed E-state index contributed by atoms with van der Waals surface area (Å²) in [5.41, 5.74) is 3.72. The average Bonchev–Trinajstić information content (AvgIpc) is 2.77. The molecule has 0 unspecified atom stereocenters. The number of fused-ring (bicyclic) bond motifs is 1. The van der Waals surface area contributed by atoms with Crippen LogP contribution in [0, 0.1) is 0 Å². The van der Waals surface area contributed by atoms with E-state index in [-0.39, 0.29) is 18.6 Å². The minimum atomic E-state index is -0.0160. The average molecular weight is 389 g/mol. The third-order valence-electron chi connectivity index (χ3n) is 5.81.